The number of anilines is 1. The van der Waals surface area contributed by atoms with Gasteiger partial charge in [0.2, 0.25) is 0 Å². The number of methoxy groups -OCH3 is 1. The van der Waals surface area contributed by atoms with E-state index in [4.69, 9.17) is 27.9 Å². The largest absolute Gasteiger partial charge is 0.465 e. The predicted molar refractivity (Wildman–Crippen MR) is 136 cm³/mol. The van der Waals surface area contributed by atoms with Crippen LogP contribution < -0.4 is 4.90 Å². The molecular formula is C27H25Cl2F2N3O3. The molecule has 1 saturated heterocycles. The molecular weight excluding hydrogens is 523 g/mol. The Morgan fingerprint density at radius 3 is 2.43 bits per heavy atom. The molecule has 0 amide bonds. The van der Waals surface area contributed by atoms with Gasteiger partial charge in [-0.1, -0.05) is 29.3 Å². The van der Waals surface area contributed by atoms with Gasteiger partial charge in [-0.3, -0.25) is 0 Å². The van der Waals surface area contributed by atoms with Crippen molar-refractivity contribution in [3.8, 4) is 5.69 Å². The Labute approximate surface area is 223 Å². The number of hydrogen-bond donors (Lipinski definition) is 0. The van der Waals surface area contributed by atoms with Gasteiger partial charge in [0, 0.05) is 24.2 Å². The first-order valence-electron chi connectivity index (χ1n) is 12.3. The van der Waals surface area contributed by atoms with E-state index < -0.39 is 23.2 Å². The third-order valence-corrected chi connectivity index (χ3v) is 8.34. The molecule has 0 radical (unpaired) electrons. The Hall–Kier alpha value is -2.68. The molecule has 2 saturated carbocycles. The summed E-state index contributed by atoms with van der Waals surface area (Å²) < 4.78 is 41.8. The molecule has 0 spiro atoms. The van der Waals surface area contributed by atoms with Gasteiger partial charge in [0.05, 0.1) is 41.8 Å². The highest BCUT2D eigenvalue weighted by Gasteiger charge is 2.46. The van der Waals surface area contributed by atoms with Crippen LogP contribution in [0, 0.1) is 17.6 Å². The summed E-state index contributed by atoms with van der Waals surface area (Å²) in [5.74, 6) is -2.17. The molecule has 2 bridgehead atoms. The van der Waals surface area contributed by atoms with Crippen molar-refractivity contribution in [1.82, 2.24) is 9.78 Å². The molecule has 2 aliphatic carbocycles. The Kier molecular flexibility index (Phi) is 6.37. The number of aromatic nitrogens is 2. The number of fused-ring (bicyclic) bond motifs is 2. The van der Waals surface area contributed by atoms with E-state index in [1.54, 1.807) is 22.9 Å². The van der Waals surface area contributed by atoms with E-state index in [1.165, 1.54) is 12.1 Å². The zero-order valence-electron chi connectivity index (χ0n) is 20.1. The molecule has 6 nitrogen and oxygen atoms in total. The van der Waals surface area contributed by atoms with Crippen LogP contribution in [0.3, 0.4) is 0 Å². The fourth-order valence-electron chi connectivity index (χ4n) is 5.79. The summed E-state index contributed by atoms with van der Waals surface area (Å²) >= 11 is 13.0. The van der Waals surface area contributed by atoms with Crippen molar-refractivity contribution < 1.29 is 23.0 Å². The topological polar surface area (TPSA) is 56.6 Å². The minimum absolute atomic E-state index is 0.0161. The highest BCUT2D eigenvalue weighted by molar-refractivity contribution is 6.37. The molecule has 0 unspecified atom stereocenters. The van der Waals surface area contributed by atoms with Gasteiger partial charge in [0.1, 0.15) is 22.9 Å². The lowest BCUT2D eigenvalue weighted by atomic mass is 10.0. The van der Waals surface area contributed by atoms with Crippen LogP contribution in [0.5, 0.6) is 0 Å². The SMILES string of the molecule is COC(=O)c1c(F)cc(N2C[C@@H]3C[C@H]2C[C@H]3OCc2c(C3CC3)cnn2-c2c(Cl)cccc2Cl)cc1F. The molecule has 3 aliphatic rings. The van der Waals surface area contributed by atoms with Crippen LogP contribution in [0.4, 0.5) is 14.5 Å². The standard InChI is InChI=1S/C27H25Cl2F2N3O3/c1-36-27(35)25-21(30)8-17(9-22(25)31)33-12-15-7-16(33)10-24(15)37-13-23-18(14-5-6-14)11-32-34(23)26-19(28)3-2-4-20(26)29/h2-4,8-9,11,14-16,24H,5-7,10,12-13H2,1H3/t15-,16-,24+/m0/s1. The summed E-state index contributed by atoms with van der Waals surface area (Å²) in [6.45, 7) is 0.995. The predicted octanol–water partition coefficient (Wildman–Crippen LogP) is 6.31. The number of rotatable bonds is 7. The molecule has 1 aromatic heterocycles. The molecule has 2 heterocycles. The van der Waals surface area contributed by atoms with Gasteiger partial charge in [-0.2, -0.15) is 5.10 Å². The summed E-state index contributed by atoms with van der Waals surface area (Å²) in [6.07, 6.45) is 5.77. The average molecular weight is 548 g/mol. The van der Waals surface area contributed by atoms with Crippen LogP contribution in [-0.4, -0.2) is 41.6 Å². The summed E-state index contributed by atoms with van der Waals surface area (Å²) in [5, 5.41) is 5.65. The number of para-hydroxylation sites is 1. The van der Waals surface area contributed by atoms with Crippen molar-refractivity contribution in [2.45, 2.75) is 50.4 Å². The van der Waals surface area contributed by atoms with E-state index in [0.717, 1.165) is 44.1 Å². The van der Waals surface area contributed by atoms with Crippen molar-refractivity contribution in [1.29, 1.82) is 0 Å². The van der Waals surface area contributed by atoms with Crippen molar-refractivity contribution >= 4 is 34.9 Å². The van der Waals surface area contributed by atoms with E-state index in [0.29, 0.717) is 40.5 Å². The Morgan fingerprint density at radius 1 is 1.14 bits per heavy atom. The smallest absolute Gasteiger partial charge is 0.343 e. The van der Waals surface area contributed by atoms with E-state index in [9.17, 15) is 13.6 Å². The normalized spacial score (nSPS) is 22.6. The van der Waals surface area contributed by atoms with Crippen LogP contribution in [0.25, 0.3) is 5.69 Å². The molecule has 3 fully saturated rings. The number of ether oxygens (including phenoxy) is 2. The number of benzene rings is 2. The van der Waals surface area contributed by atoms with E-state index in [2.05, 4.69) is 9.84 Å². The van der Waals surface area contributed by atoms with Crippen LogP contribution in [-0.2, 0) is 16.1 Å². The number of esters is 1. The first-order valence-corrected chi connectivity index (χ1v) is 13.1. The first-order chi connectivity index (χ1) is 17.9. The second-order valence-electron chi connectivity index (χ2n) is 9.97. The molecule has 10 heteroatoms. The van der Waals surface area contributed by atoms with Gasteiger partial charge in [0.15, 0.2) is 0 Å². The summed E-state index contributed by atoms with van der Waals surface area (Å²) in [4.78, 5) is 13.7. The molecule has 3 aromatic rings. The lowest BCUT2D eigenvalue weighted by Crippen LogP contribution is -2.38. The maximum atomic E-state index is 14.5. The number of carbonyl (C=O) groups is 1. The molecule has 3 atom stereocenters. The van der Waals surface area contributed by atoms with Gasteiger partial charge in [0.25, 0.3) is 0 Å². The minimum Gasteiger partial charge on any atom is -0.465 e. The molecule has 2 aromatic carbocycles. The summed E-state index contributed by atoms with van der Waals surface area (Å²) in [6, 6.07) is 7.90. The van der Waals surface area contributed by atoms with Crippen LogP contribution in [0.15, 0.2) is 36.5 Å². The maximum absolute atomic E-state index is 14.5. The monoisotopic (exact) mass is 547 g/mol. The maximum Gasteiger partial charge on any atom is 0.343 e. The van der Waals surface area contributed by atoms with E-state index in [-0.39, 0.29) is 18.1 Å². The second kappa shape index (κ2) is 9.57. The van der Waals surface area contributed by atoms with Crippen molar-refractivity contribution in [2.75, 3.05) is 18.6 Å². The zero-order valence-corrected chi connectivity index (χ0v) is 21.6. The van der Waals surface area contributed by atoms with Gasteiger partial charge in [-0.15, -0.1) is 0 Å². The quantitative estimate of drug-likeness (QED) is 0.324. The third kappa shape index (κ3) is 4.39. The van der Waals surface area contributed by atoms with Gasteiger partial charge >= 0.3 is 5.97 Å². The van der Waals surface area contributed by atoms with Crippen molar-refractivity contribution in [2.24, 2.45) is 5.92 Å². The Bertz CT molecular complexity index is 1330. The van der Waals surface area contributed by atoms with Crippen molar-refractivity contribution in [3.63, 3.8) is 0 Å². The van der Waals surface area contributed by atoms with E-state index in [1.807, 2.05) is 11.1 Å². The van der Waals surface area contributed by atoms with Gasteiger partial charge in [-0.05, 0) is 61.4 Å². The van der Waals surface area contributed by atoms with E-state index >= 15 is 0 Å². The Balaban J connectivity index is 1.18. The average Bonchev–Trinajstić information content (AvgIpc) is 3.32. The zero-order chi connectivity index (χ0) is 25.8. The molecule has 6 rings (SSSR count). The fourth-order valence-corrected chi connectivity index (χ4v) is 6.34. The number of halogens is 4. The van der Waals surface area contributed by atoms with Crippen LogP contribution >= 0.6 is 23.2 Å². The Morgan fingerprint density at radius 2 is 1.84 bits per heavy atom. The highest BCUT2D eigenvalue weighted by Crippen LogP contribution is 2.45. The molecule has 37 heavy (non-hydrogen) atoms. The van der Waals surface area contributed by atoms with Crippen molar-refractivity contribution in [3.05, 3.63) is 75.0 Å². The lowest BCUT2D eigenvalue weighted by molar-refractivity contribution is 0.00992. The number of piperidine rings is 1. The highest BCUT2D eigenvalue weighted by atomic mass is 35.5. The number of carbonyl (C=O) groups excluding carboxylic acids is 1. The molecule has 194 valence electrons. The lowest BCUT2D eigenvalue weighted by Gasteiger charge is -2.33. The molecule has 1 aliphatic heterocycles. The van der Waals surface area contributed by atoms with Gasteiger partial charge in [-0.25, -0.2) is 18.3 Å². The molecule has 0 N–H and O–H groups in total. The van der Waals surface area contributed by atoms with Gasteiger partial charge < -0.3 is 14.4 Å². The minimum atomic E-state index is -1.03. The summed E-state index contributed by atoms with van der Waals surface area (Å²) in [7, 11) is 1.10. The van der Waals surface area contributed by atoms with Crippen LogP contribution in [0.2, 0.25) is 10.0 Å². The van der Waals surface area contributed by atoms with Crippen LogP contribution in [0.1, 0.15) is 53.2 Å². The third-order valence-electron chi connectivity index (χ3n) is 7.73. The summed E-state index contributed by atoms with van der Waals surface area (Å²) in [5.41, 5.74) is 2.53. The number of nitrogens with zero attached hydrogens (tertiary/aromatic N) is 3. The number of hydrogen-bond acceptors (Lipinski definition) is 5. The fraction of sp³-hybridized carbons (Fsp3) is 0.407. The second-order valence-corrected chi connectivity index (χ2v) is 10.8. The first kappa shape index (κ1) is 24.6.